The molecule has 0 unspecified atom stereocenters. The smallest absolute Gasteiger partial charge is 0.305 e. The van der Waals surface area contributed by atoms with E-state index in [0.717, 1.165) is 17.7 Å². The summed E-state index contributed by atoms with van der Waals surface area (Å²) in [6.07, 6.45) is 3.59. The van der Waals surface area contributed by atoms with Crippen LogP contribution in [0.25, 0.3) is 0 Å². The highest BCUT2D eigenvalue weighted by atomic mass is 32.1. The summed E-state index contributed by atoms with van der Waals surface area (Å²) in [6.45, 7) is 1.76. The molecule has 0 fully saturated rings. The summed E-state index contributed by atoms with van der Waals surface area (Å²) >= 11 is 4.76. The normalized spacial score (nSPS) is 14.6. The van der Waals surface area contributed by atoms with Gasteiger partial charge in [-0.25, -0.2) is 0 Å². The molecule has 0 spiro atoms. The van der Waals surface area contributed by atoms with Gasteiger partial charge >= 0.3 is 11.8 Å². The maximum atomic E-state index is 12.4. The number of aryl methyl sites for hydroxylation is 1. The number of fused-ring (bicyclic) bond motifs is 1. The van der Waals surface area contributed by atoms with E-state index in [-0.39, 0.29) is 16.6 Å². The summed E-state index contributed by atoms with van der Waals surface area (Å²) in [7, 11) is 0. The van der Waals surface area contributed by atoms with Gasteiger partial charge in [0.2, 0.25) is 0 Å². The van der Waals surface area contributed by atoms with E-state index < -0.39 is 11.8 Å². The fourth-order valence-electron chi connectivity index (χ4n) is 2.76. The monoisotopic (exact) mass is 375 g/mol. The standard InChI is InChI=1S/C16H17N5O4S/c1-8-12-9(18-21-16(17)26)4-2-5-10(12)25-13(8)15(23)20-19-14(22)11-6-3-7-24-11/h3,6-7H,2,4-5H2,1H3,(H,19,22)(H,20,23)(H3,17,21,26)/b18-9+. The number of thiocarbonyl (C=S) groups is 1. The number of hydrazone groups is 1. The molecule has 1 aliphatic rings. The second-order valence-electron chi connectivity index (χ2n) is 5.63. The lowest BCUT2D eigenvalue weighted by molar-refractivity contribution is 0.0815. The molecule has 2 heterocycles. The van der Waals surface area contributed by atoms with Crippen molar-refractivity contribution >= 4 is 34.9 Å². The molecule has 0 aliphatic heterocycles. The van der Waals surface area contributed by atoms with Crippen LogP contribution in [0.3, 0.4) is 0 Å². The van der Waals surface area contributed by atoms with E-state index in [4.69, 9.17) is 26.8 Å². The molecule has 3 rings (SSSR count). The first-order valence-corrected chi connectivity index (χ1v) is 8.27. The van der Waals surface area contributed by atoms with Gasteiger partial charge in [0.25, 0.3) is 0 Å². The number of nitrogens with zero attached hydrogens (tertiary/aromatic N) is 1. The van der Waals surface area contributed by atoms with Gasteiger partial charge in [-0.15, -0.1) is 0 Å². The highest BCUT2D eigenvalue weighted by molar-refractivity contribution is 7.80. The number of carbonyl (C=O) groups excluding carboxylic acids is 2. The SMILES string of the molecule is Cc1c(C(=O)NNC(=O)c2ccco2)oc2c1/C(=N/NC(N)=S)CCC2. The molecule has 136 valence electrons. The van der Waals surface area contributed by atoms with Gasteiger partial charge in [0.1, 0.15) is 5.76 Å². The molecule has 2 aromatic heterocycles. The Morgan fingerprint density at radius 1 is 1.27 bits per heavy atom. The highest BCUT2D eigenvalue weighted by Crippen LogP contribution is 2.29. The number of hydrazine groups is 1. The number of furan rings is 2. The molecule has 2 amide bonds. The van der Waals surface area contributed by atoms with E-state index in [2.05, 4.69) is 21.4 Å². The fraction of sp³-hybridized carbons (Fsp3) is 0.250. The Morgan fingerprint density at radius 3 is 2.73 bits per heavy atom. The van der Waals surface area contributed by atoms with Crippen LogP contribution in [0.15, 0.2) is 32.3 Å². The van der Waals surface area contributed by atoms with E-state index in [1.165, 1.54) is 12.3 Å². The third kappa shape index (κ3) is 3.59. The van der Waals surface area contributed by atoms with Gasteiger partial charge in [-0.1, -0.05) is 0 Å². The average Bonchev–Trinajstić information content (AvgIpc) is 3.26. The van der Waals surface area contributed by atoms with Crippen molar-refractivity contribution in [1.29, 1.82) is 0 Å². The first-order valence-electron chi connectivity index (χ1n) is 7.86. The molecule has 0 saturated heterocycles. The minimum Gasteiger partial charge on any atom is -0.459 e. The molecule has 0 bridgehead atoms. The van der Waals surface area contributed by atoms with Crippen molar-refractivity contribution in [3.05, 3.63) is 46.8 Å². The van der Waals surface area contributed by atoms with Gasteiger partial charge in [0, 0.05) is 17.5 Å². The number of amides is 2. The molecule has 0 saturated carbocycles. The Hall–Kier alpha value is -3.14. The second kappa shape index (κ2) is 7.40. The first-order chi connectivity index (χ1) is 12.5. The van der Waals surface area contributed by atoms with Crippen LogP contribution in [0.2, 0.25) is 0 Å². The van der Waals surface area contributed by atoms with Crippen LogP contribution in [0.5, 0.6) is 0 Å². The largest absolute Gasteiger partial charge is 0.459 e. The quantitative estimate of drug-likeness (QED) is 0.466. The molecule has 26 heavy (non-hydrogen) atoms. The molecule has 5 N–H and O–H groups in total. The molecular formula is C16H17N5O4S. The van der Waals surface area contributed by atoms with Gasteiger partial charge in [-0.2, -0.15) is 5.10 Å². The van der Waals surface area contributed by atoms with Crippen LogP contribution in [0.1, 0.15) is 50.8 Å². The van der Waals surface area contributed by atoms with Crippen molar-refractivity contribution in [2.24, 2.45) is 10.8 Å². The molecular weight excluding hydrogens is 358 g/mol. The van der Waals surface area contributed by atoms with E-state index in [1.807, 2.05) is 0 Å². The van der Waals surface area contributed by atoms with Gasteiger partial charge < -0.3 is 14.6 Å². The predicted octanol–water partition coefficient (Wildman–Crippen LogP) is 1.13. The van der Waals surface area contributed by atoms with Gasteiger partial charge in [0.15, 0.2) is 16.6 Å². The minimum atomic E-state index is -0.571. The van der Waals surface area contributed by atoms with Crippen LogP contribution in [-0.4, -0.2) is 22.6 Å². The molecule has 0 aromatic carbocycles. The molecule has 2 aromatic rings. The summed E-state index contributed by atoms with van der Waals surface area (Å²) < 4.78 is 10.7. The van der Waals surface area contributed by atoms with Crippen molar-refractivity contribution in [3.8, 4) is 0 Å². The topological polar surface area (TPSA) is 135 Å². The summed E-state index contributed by atoms with van der Waals surface area (Å²) in [6, 6.07) is 3.05. The zero-order valence-electron chi connectivity index (χ0n) is 13.9. The third-order valence-electron chi connectivity index (χ3n) is 3.87. The second-order valence-corrected chi connectivity index (χ2v) is 6.07. The van der Waals surface area contributed by atoms with Crippen molar-refractivity contribution in [2.45, 2.75) is 26.2 Å². The summed E-state index contributed by atoms with van der Waals surface area (Å²) in [5, 5.41) is 4.25. The van der Waals surface area contributed by atoms with Gasteiger partial charge in [-0.05, 0) is 44.1 Å². The third-order valence-corrected chi connectivity index (χ3v) is 3.96. The zero-order valence-corrected chi connectivity index (χ0v) is 14.7. The van der Waals surface area contributed by atoms with Crippen molar-refractivity contribution in [1.82, 2.24) is 16.3 Å². The van der Waals surface area contributed by atoms with E-state index in [9.17, 15) is 9.59 Å². The summed E-state index contributed by atoms with van der Waals surface area (Å²) in [4.78, 5) is 24.2. The molecule has 1 aliphatic carbocycles. The maximum Gasteiger partial charge on any atom is 0.305 e. The van der Waals surface area contributed by atoms with Gasteiger partial charge in [0.05, 0.1) is 12.0 Å². The number of nitrogens with two attached hydrogens (primary N) is 1. The van der Waals surface area contributed by atoms with Crippen molar-refractivity contribution < 1.29 is 18.4 Å². The van der Waals surface area contributed by atoms with E-state index >= 15 is 0 Å². The van der Waals surface area contributed by atoms with Crippen LogP contribution in [0, 0.1) is 6.92 Å². The molecule has 0 atom stereocenters. The lowest BCUT2D eigenvalue weighted by Crippen LogP contribution is -2.41. The predicted molar refractivity (Wildman–Crippen MR) is 96.5 cm³/mol. The van der Waals surface area contributed by atoms with Crippen LogP contribution in [-0.2, 0) is 6.42 Å². The Kier molecular flexibility index (Phi) is 5.03. The van der Waals surface area contributed by atoms with Crippen LogP contribution in [0.4, 0.5) is 0 Å². The van der Waals surface area contributed by atoms with Crippen molar-refractivity contribution in [3.63, 3.8) is 0 Å². The van der Waals surface area contributed by atoms with E-state index in [1.54, 1.807) is 13.0 Å². The Bertz CT molecular complexity index is 885. The number of rotatable bonds is 3. The zero-order chi connectivity index (χ0) is 18.7. The first kappa shape index (κ1) is 17.7. The summed E-state index contributed by atoms with van der Waals surface area (Å²) in [5.41, 5.74) is 14.7. The number of hydrogen-bond acceptors (Lipinski definition) is 6. The summed E-state index contributed by atoms with van der Waals surface area (Å²) in [5.74, 6) is -0.280. The van der Waals surface area contributed by atoms with E-state index in [0.29, 0.717) is 24.2 Å². The van der Waals surface area contributed by atoms with Crippen LogP contribution >= 0.6 is 12.2 Å². The molecule has 10 heteroatoms. The Labute approximate surface area is 153 Å². The number of hydrogen-bond donors (Lipinski definition) is 4. The van der Waals surface area contributed by atoms with Crippen LogP contribution < -0.4 is 22.0 Å². The van der Waals surface area contributed by atoms with Crippen molar-refractivity contribution in [2.75, 3.05) is 0 Å². The molecule has 9 nitrogen and oxygen atoms in total. The maximum absolute atomic E-state index is 12.4. The lowest BCUT2D eigenvalue weighted by atomic mass is 9.93. The lowest BCUT2D eigenvalue weighted by Gasteiger charge is -2.13. The number of carbonyl (C=O) groups is 2. The average molecular weight is 375 g/mol. The molecule has 0 radical (unpaired) electrons. The van der Waals surface area contributed by atoms with Gasteiger partial charge in [-0.3, -0.25) is 25.9 Å². The Morgan fingerprint density at radius 2 is 2.04 bits per heavy atom. The fourth-order valence-corrected chi connectivity index (χ4v) is 2.80. The number of nitrogens with one attached hydrogen (secondary N) is 3. The Balaban J connectivity index is 1.77. The minimum absolute atomic E-state index is 0.0596. The highest BCUT2D eigenvalue weighted by Gasteiger charge is 2.28.